The molecule has 1 aromatic carbocycles. The number of thiazole rings is 1. The Morgan fingerprint density at radius 1 is 1.29 bits per heavy atom. The smallest absolute Gasteiger partial charge is 0.221 e. The van der Waals surface area contributed by atoms with E-state index in [9.17, 15) is 4.79 Å². The third-order valence-corrected chi connectivity index (χ3v) is 4.53. The van der Waals surface area contributed by atoms with Gasteiger partial charge < -0.3 is 5.32 Å². The Hall–Kier alpha value is -2.54. The van der Waals surface area contributed by atoms with Crippen LogP contribution in [0.3, 0.4) is 0 Å². The molecule has 0 unspecified atom stereocenters. The molecular formula is C17H19N5OS. The van der Waals surface area contributed by atoms with Crippen LogP contribution in [0.4, 0.5) is 0 Å². The van der Waals surface area contributed by atoms with E-state index in [0.717, 1.165) is 22.7 Å². The highest BCUT2D eigenvalue weighted by Crippen LogP contribution is 2.24. The zero-order valence-corrected chi connectivity index (χ0v) is 14.3. The first-order chi connectivity index (χ1) is 11.7. The molecule has 2 heterocycles. The Balaban J connectivity index is 1.43. The van der Waals surface area contributed by atoms with Gasteiger partial charge in [-0.1, -0.05) is 29.8 Å². The number of hydrogen-bond donors (Lipinski definition) is 1. The molecular weight excluding hydrogens is 322 g/mol. The molecule has 0 spiro atoms. The highest BCUT2D eigenvalue weighted by molar-refractivity contribution is 7.13. The second kappa shape index (κ2) is 7.83. The van der Waals surface area contributed by atoms with Crippen LogP contribution in [0.15, 0.2) is 42.3 Å². The van der Waals surface area contributed by atoms with Crippen molar-refractivity contribution < 1.29 is 4.79 Å². The summed E-state index contributed by atoms with van der Waals surface area (Å²) in [6.45, 7) is 3.20. The zero-order chi connectivity index (χ0) is 16.8. The Bertz CT molecular complexity index is 780. The van der Waals surface area contributed by atoms with Crippen molar-refractivity contribution in [3.8, 4) is 10.6 Å². The van der Waals surface area contributed by atoms with Crippen molar-refractivity contribution in [2.45, 2.75) is 26.3 Å². The molecule has 0 radical (unpaired) electrons. The maximum Gasteiger partial charge on any atom is 0.221 e. The van der Waals surface area contributed by atoms with Gasteiger partial charge in [-0.15, -0.1) is 11.3 Å². The number of nitrogens with one attached hydrogen (secondary N) is 1. The largest absolute Gasteiger partial charge is 0.356 e. The van der Waals surface area contributed by atoms with E-state index in [0.29, 0.717) is 19.5 Å². The fraction of sp³-hybridized carbons (Fsp3) is 0.294. The summed E-state index contributed by atoms with van der Waals surface area (Å²) in [5.41, 5.74) is 3.38. The Morgan fingerprint density at radius 3 is 2.88 bits per heavy atom. The lowest BCUT2D eigenvalue weighted by Gasteiger charge is -2.04. The summed E-state index contributed by atoms with van der Waals surface area (Å²) in [6, 6.07) is 8.35. The van der Waals surface area contributed by atoms with Crippen molar-refractivity contribution in [1.29, 1.82) is 0 Å². The quantitative estimate of drug-likeness (QED) is 0.716. The summed E-state index contributed by atoms with van der Waals surface area (Å²) in [7, 11) is 0. The van der Waals surface area contributed by atoms with E-state index in [-0.39, 0.29) is 5.91 Å². The summed E-state index contributed by atoms with van der Waals surface area (Å²) >= 11 is 1.63. The minimum absolute atomic E-state index is 0.0134. The van der Waals surface area contributed by atoms with Crippen LogP contribution in [0.2, 0.25) is 0 Å². The van der Waals surface area contributed by atoms with Gasteiger partial charge >= 0.3 is 0 Å². The third kappa shape index (κ3) is 4.48. The highest BCUT2D eigenvalue weighted by atomic mass is 32.1. The Kier molecular flexibility index (Phi) is 5.32. The molecule has 0 aliphatic carbocycles. The van der Waals surface area contributed by atoms with Crippen molar-refractivity contribution in [3.63, 3.8) is 0 Å². The van der Waals surface area contributed by atoms with E-state index in [2.05, 4.69) is 57.0 Å². The molecule has 0 fully saturated rings. The van der Waals surface area contributed by atoms with E-state index in [1.807, 2.05) is 0 Å². The van der Waals surface area contributed by atoms with Crippen LogP contribution in [0.25, 0.3) is 10.6 Å². The molecule has 124 valence electrons. The number of aryl methyl sites for hydroxylation is 2. The average Bonchev–Trinajstić information content (AvgIpc) is 3.25. The van der Waals surface area contributed by atoms with E-state index in [1.165, 1.54) is 11.9 Å². The first kappa shape index (κ1) is 16.3. The van der Waals surface area contributed by atoms with Crippen molar-refractivity contribution >= 4 is 17.2 Å². The molecule has 1 amide bonds. The second-order valence-corrected chi connectivity index (χ2v) is 6.38. The molecule has 0 atom stereocenters. The molecule has 0 aliphatic rings. The number of hydrogen-bond acceptors (Lipinski definition) is 5. The number of rotatable bonds is 7. The predicted octanol–water partition coefficient (Wildman–Crippen LogP) is 2.46. The number of carbonyl (C=O) groups is 1. The number of amides is 1. The van der Waals surface area contributed by atoms with Crippen molar-refractivity contribution in [3.05, 3.63) is 53.6 Å². The van der Waals surface area contributed by atoms with Gasteiger partial charge in [-0.2, -0.15) is 5.10 Å². The van der Waals surface area contributed by atoms with Gasteiger partial charge in [-0.05, 0) is 6.92 Å². The van der Waals surface area contributed by atoms with Gasteiger partial charge in [0.2, 0.25) is 5.91 Å². The Labute approximate surface area is 144 Å². The van der Waals surface area contributed by atoms with E-state index < -0.39 is 0 Å². The van der Waals surface area contributed by atoms with Gasteiger partial charge in [0.05, 0.1) is 12.2 Å². The van der Waals surface area contributed by atoms with Crippen LogP contribution >= 0.6 is 11.3 Å². The number of nitrogens with zero attached hydrogens (tertiary/aromatic N) is 4. The summed E-state index contributed by atoms with van der Waals surface area (Å²) in [5.74, 6) is 0.0134. The van der Waals surface area contributed by atoms with Crippen LogP contribution in [-0.2, 0) is 17.8 Å². The molecule has 6 nitrogen and oxygen atoms in total. The van der Waals surface area contributed by atoms with Gasteiger partial charge in [-0.3, -0.25) is 9.48 Å². The molecule has 24 heavy (non-hydrogen) atoms. The molecule has 0 bridgehead atoms. The Morgan fingerprint density at radius 2 is 2.12 bits per heavy atom. The monoisotopic (exact) mass is 341 g/mol. The minimum atomic E-state index is 0.0134. The summed E-state index contributed by atoms with van der Waals surface area (Å²) in [5, 5.41) is 9.95. The van der Waals surface area contributed by atoms with Crippen molar-refractivity contribution in [2.24, 2.45) is 0 Å². The first-order valence-electron chi connectivity index (χ1n) is 7.81. The van der Waals surface area contributed by atoms with Crippen LogP contribution in [0, 0.1) is 6.92 Å². The molecule has 7 heteroatoms. The lowest BCUT2D eigenvalue weighted by molar-refractivity contribution is -0.121. The standard InChI is InChI=1S/C17H19N5OS/c1-13-2-4-14(5-3-13)17-21-15(10-24-17)6-8-19-16(23)7-9-22-12-18-11-20-22/h2-5,10-12H,6-9H2,1H3,(H,19,23). The topological polar surface area (TPSA) is 72.7 Å². The predicted molar refractivity (Wildman–Crippen MR) is 93.6 cm³/mol. The van der Waals surface area contributed by atoms with Crippen molar-refractivity contribution in [1.82, 2.24) is 25.1 Å². The lowest BCUT2D eigenvalue weighted by Crippen LogP contribution is -2.26. The average molecular weight is 341 g/mol. The van der Waals surface area contributed by atoms with Crippen LogP contribution in [-0.4, -0.2) is 32.2 Å². The fourth-order valence-electron chi connectivity index (χ4n) is 2.23. The summed E-state index contributed by atoms with van der Waals surface area (Å²) < 4.78 is 1.65. The first-order valence-corrected chi connectivity index (χ1v) is 8.69. The van der Waals surface area contributed by atoms with Gasteiger partial charge in [-0.25, -0.2) is 9.97 Å². The molecule has 0 saturated heterocycles. The summed E-state index contributed by atoms with van der Waals surface area (Å²) in [4.78, 5) is 20.3. The van der Waals surface area contributed by atoms with Crippen molar-refractivity contribution in [2.75, 3.05) is 6.54 Å². The maximum atomic E-state index is 11.8. The van der Waals surface area contributed by atoms with Gasteiger partial charge in [0, 0.05) is 30.3 Å². The SMILES string of the molecule is Cc1ccc(-c2nc(CCNC(=O)CCn3cncn3)cs2)cc1. The molecule has 3 aromatic rings. The normalized spacial score (nSPS) is 10.7. The van der Waals surface area contributed by atoms with E-state index in [1.54, 1.807) is 22.3 Å². The van der Waals surface area contributed by atoms with E-state index >= 15 is 0 Å². The molecule has 2 aromatic heterocycles. The lowest BCUT2D eigenvalue weighted by atomic mass is 10.2. The van der Waals surface area contributed by atoms with Crippen LogP contribution in [0.5, 0.6) is 0 Å². The third-order valence-electron chi connectivity index (χ3n) is 3.59. The number of carbonyl (C=O) groups excluding carboxylic acids is 1. The number of aromatic nitrogens is 4. The zero-order valence-electron chi connectivity index (χ0n) is 13.5. The van der Waals surface area contributed by atoms with Gasteiger partial charge in [0.25, 0.3) is 0 Å². The fourth-order valence-corrected chi connectivity index (χ4v) is 3.09. The van der Waals surface area contributed by atoms with Crippen LogP contribution < -0.4 is 5.32 Å². The van der Waals surface area contributed by atoms with E-state index in [4.69, 9.17) is 0 Å². The minimum Gasteiger partial charge on any atom is -0.356 e. The highest BCUT2D eigenvalue weighted by Gasteiger charge is 2.06. The molecule has 0 saturated carbocycles. The summed E-state index contributed by atoms with van der Waals surface area (Å²) in [6.07, 6.45) is 4.20. The number of benzene rings is 1. The van der Waals surface area contributed by atoms with Gasteiger partial charge in [0.1, 0.15) is 17.7 Å². The second-order valence-electron chi connectivity index (χ2n) is 5.52. The maximum absolute atomic E-state index is 11.8. The molecule has 3 rings (SSSR count). The van der Waals surface area contributed by atoms with Gasteiger partial charge in [0.15, 0.2) is 0 Å². The van der Waals surface area contributed by atoms with Crippen LogP contribution in [0.1, 0.15) is 17.7 Å². The molecule has 1 N–H and O–H groups in total. The molecule has 0 aliphatic heterocycles.